The van der Waals surface area contributed by atoms with Crippen molar-refractivity contribution >= 4 is 43.7 Å². The molecule has 0 radical (unpaired) electrons. The molecule has 0 saturated carbocycles. The van der Waals surface area contributed by atoms with Crippen LogP contribution in [-0.2, 0) is 22.5 Å². The smallest absolute Gasteiger partial charge is 0.266 e. The van der Waals surface area contributed by atoms with Gasteiger partial charge < -0.3 is 14.6 Å². The molecule has 10 heteroatoms. The average Bonchev–Trinajstić information content (AvgIpc) is 3.39. The molecule has 0 saturated heterocycles. The molecule has 4 aromatic rings. The SMILES string of the molecule is O=C(NNCc1cccc(F)c1)[C@@]1(Cc2ccccc2Br)N=C(c2ccc(OCCCO)cc2)O[C@H]1c1ccccc1Br. The fraction of sp³-hybridized carbons (Fsp3) is 0.212. The summed E-state index contributed by atoms with van der Waals surface area (Å²) >= 11 is 7.30. The van der Waals surface area contributed by atoms with Crippen LogP contribution in [0.2, 0.25) is 0 Å². The number of hydrazine groups is 1. The van der Waals surface area contributed by atoms with Crippen LogP contribution in [0.5, 0.6) is 5.75 Å². The number of aliphatic hydroxyl groups excluding tert-OH is 1. The lowest BCUT2D eigenvalue weighted by atomic mass is 9.82. The van der Waals surface area contributed by atoms with E-state index in [0.29, 0.717) is 35.8 Å². The van der Waals surface area contributed by atoms with Gasteiger partial charge >= 0.3 is 0 Å². The number of aliphatic imine (C=N–C) groups is 1. The van der Waals surface area contributed by atoms with Gasteiger partial charge in [0.15, 0.2) is 11.6 Å². The van der Waals surface area contributed by atoms with Crippen LogP contribution in [0.1, 0.15) is 34.8 Å². The van der Waals surface area contributed by atoms with E-state index in [1.54, 1.807) is 24.3 Å². The molecular weight excluding hydrogens is 681 g/mol. The summed E-state index contributed by atoms with van der Waals surface area (Å²) in [6.45, 7) is 0.663. The van der Waals surface area contributed by atoms with Gasteiger partial charge in [-0.05, 0) is 59.7 Å². The number of aliphatic hydroxyl groups is 1. The third kappa shape index (κ3) is 7.33. The van der Waals surface area contributed by atoms with Crippen molar-refractivity contribution in [1.29, 1.82) is 0 Å². The monoisotopic (exact) mass is 709 g/mol. The highest BCUT2D eigenvalue weighted by molar-refractivity contribution is 9.10. The van der Waals surface area contributed by atoms with Crippen molar-refractivity contribution in [2.24, 2.45) is 4.99 Å². The molecule has 43 heavy (non-hydrogen) atoms. The molecule has 2 atom stereocenters. The Morgan fingerprint density at radius 1 is 0.977 bits per heavy atom. The van der Waals surface area contributed by atoms with Crippen molar-refractivity contribution in [3.63, 3.8) is 0 Å². The van der Waals surface area contributed by atoms with Crippen LogP contribution in [0.4, 0.5) is 4.39 Å². The molecule has 0 fully saturated rings. The second-order valence-electron chi connectivity index (χ2n) is 10.0. The summed E-state index contributed by atoms with van der Waals surface area (Å²) < 4.78 is 27.6. The summed E-state index contributed by atoms with van der Waals surface area (Å²) in [4.78, 5) is 19.3. The molecular formula is C33H30Br2FN3O4. The largest absolute Gasteiger partial charge is 0.494 e. The Labute approximate surface area is 266 Å². The first-order valence-corrected chi connectivity index (χ1v) is 15.3. The first-order valence-electron chi connectivity index (χ1n) is 13.8. The second kappa shape index (κ2) is 14.3. The van der Waals surface area contributed by atoms with Crippen LogP contribution in [0, 0.1) is 5.82 Å². The predicted octanol–water partition coefficient (Wildman–Crippen LogP) is 6.43. The van der Waals surface area contributed by atoms with E-state index in [0.717, 1.165) is 20.1 Å². The summed E-state index contributed by atoms with van der Waals surface area (Å²) in [5.41, 5.74) is 7.36. The Bertz CT molecular complexity index is 1600. The first kappa shape index (κ1) is 30.9. The van der Waals surface area contributed by atoms with Gasteiger partial charge in [-0.2, -0.15) is 0 Å². The molecule has 0 bridgehead atoms. The zero-order valence-corrected chi connectivity index (χ0v) is 26.3. The van der Waals surface area contributed by atoms with Crippen molar-refractivity contribution in [1.82, 2.24) is 10.9 Å². The molecule has 0 aliphatic carbocycles. The lowest BCUT2D eigenvalue weighted by Gasteiger charge is -2.31. The molecule has 7 nitrogen and oxygen atoms in total. The Hall–Kier alpha value is -3.57. The standard InChI is InChI=1S/C33H30Br2FN3O4/c34-28-11-3-1-8-24(28)20-33(32(41)39-37-21-22-7-5-9-25(36)19-22)30(27-10-2-4-12-29(27)35)43-31(38-33)23-13-15-26(16-14-23)42-18-6-17-40/h1-5,7-16,19,30,37,40H,6,17-18,20-21H2,(H,39,41)/t30-,33-/m0/s1. The summed E-state index contributed by atoms with van der Waals surface area (Å²) in [7, 11) is 0. The lowest BCUT2D eigenvalue weighted by Crippen LogP contribution is -2.53. The predicted molar refractivity (Wildman–Crippen MR) is 170 cm³/mol. The first-order chi connectivity index (χ1) is 20.9. The van der Waals surface area contributed by atoms with Gasteiger partial charge in [-0.3, -0.25) is 10.2 Å². The Balaban J connectivity index is 1.53. The van der Waals surface area contributed by atoms with Gasteiger partial charge in [0.05, 0.1) is 6.61 Å². The number of benzene rings is 4. The van der Waals surface area contributed by atoms with E-state index >= 15 is 0 Å². The van der Waals surface area contributed by atoms with E-state index in [-0.39, 0.29) is 25.4 Å². The van der Waals surface area contributed by atoms with Gasteiger partial charge in [0.25, 0.3) is 5.91 Å². The maximum absolute atomic E-state index is 14.3. The number of ether oxygens (including phenoxy) is 2. The molecule has 4 aromatic carbocycles. The molecule has 1 heterocycles. The zero-order chi connectivity index (χ0) is 30.2. The van der Waals surface area contributed by atoms with Crippen LogP contribution < -0.4 is 15.6 Å². The van der Waals surface area contributed by atoms with Gasteiger partial charge in [0.2, 0.25) is 5.90 Å². The minimum atomic E-state index is -1.42. The van der Waals surface area contributed by atoms with E-state index < -0.39 is 17.6 Å². The zero-order valence-electron chi connectivity index (χ0n) is 23.1. The number of nitrogens with zero attached hydrogens (tertiary/aromatic N) is 1. The summed E-state index contributed by atoms with van der Waals surface area (Å²) in [5.74, 6) is 0.208. The summed E-state index contributed by atoms with van der Waals surface area (Å²) in [5, 5.41) is 9.04. The maximum Gasteiger partial charge on any atom is 0.266 e. The van der Waals surface area contributed by atoms with Crippen molar-refractivity contribution in [2.45, 2.75) is 31.0 Å². The highest BCUT2D eigenvalue weighted by Crippen LogP contribution is 2.45. The third-order valence-corrected chi connectivity index (χ3v) is 8.51. The second-order valence-corrected chi connectivity index (χ2v) is 11.7. The van der Waals surface area contributed by atoms with Gasteiger partial charge in [0.1, 0.15) is 11.6 Å². The highest BCUT2D eigenvalue weighted by atomic mass is 79.9. The van der Waals surface area contributed by atoms with E-state index in [9.17, 15) is 9.18 Å². The number of carbonyl (C=O) groups is 1. The molecule has 1 aliphatic rings. The normalized spacial score (nSPS) is 17.7. The number of rotatable bonds is 12. The van der Waals surface area contributed by atoms with E-state index in [1.807, 2.05) is 60.7 Å². The molecule has 1 aliphatic heterocycles. The van der Waals surface area contributed by atoms with E-state index in [1.165, 1.54) is 12.1 Å². The topological polar surface area (TPSA) is 92.2 Å². The van der Waals surface area contributed by atoms with Crippen molar-refractivity contribution in [3.05, 3.63) is 134 Å². The lowest BCUT2D eigenvalue weighted by molar-refractivity contribution is -0.130. The number of nitrogens with one attached hydrogen (secondary N) is 2. The molecule has 0 aromatic heterocycles. The Morgan fingerprint density at radius 2 is 1.72 bits per heavy atom. The van der Waals surface area contributed by atoms with Crippen molar-refractivity contribution < 1.29 is 23.8 Å². The number of amides is 1. The summed E-state index contributed by atoms with van der Waals surface area (Å²) in [6.07, 6.45) is -0.0353. The molecule has 222 valence electrons. The van der Waals surface area contributed by atoms with Crippen LogP contribution in [0.25, 0.3) is 0 Å². The van der Waals surface area contributed by atoms with Crippen LogP contribution in [0.3, 0.4) is 0 Å². The average molecular weight is 711 g/mol. The van der Waals surface area contributed by atoms with Gasteiger partial charge in [-0.15, -0.1) is 0 Å². The van der Waals surface area contributed by atoms with Crippen molar-refractivity contribution in [2.75, 3.05) is 13.2 Å². The number of halogens is 3. The van der Waals surface area contributed by atoms with Crippen molar-refractivity contribution in [3.8, 4) is 5.75 Å². The molecule has 5 rings (SSSR count). The fourth-order valence-corrected chi connectivity index (χ4v) is 5.78. The third-order valence-electron chi connectivity index (χ3n) is 7.02. The Kier molecular flexibility index (Phi) is 10.2. The molecule has 1 amide bonds. The van der Waals surface area contributed by atoms with Gasteiger partial charge in [-0.25, -0.2) is 14.8 Å². The minimum Gasteiger partial charge on any atom is -0.494 e. The van der Waals surface area contributed by atoms with Crippen LogP contribution in [-0.4, -0.2) is 35.7 Å². The highest BCUT2D eigenvalue weighted by Gasteiger charge is 2.54. The number of hydrogen-bond acceptors (Lipinski definition) is 6. The van der Waals surface area contributed by atoms with Gasteiger partial charge in [-0.1, -0.05) is 80.4 Å². The quantitative estimate of drug-likeness (QED) is 0.116. The summed E-state index contributed by atoms with van der Waals surface area (Å²) in [6, 6.07) is 28.8. The number of carbonyl (C=O) groups excluding carboxylic acids is 1. The van der Waals surface area contributed by atoms with Crippen LogP contribution in [0.15, 0.2) is 111 Å². The molecule has 0 spiro atoms. The van der Waals surface area contributed by atoms with Crippen LogP contribution >= 0.6 is 31.9 Å². The minimum absolute atomic E-state index is 0.0535. The van der Waals surface area contributed by atoms with E-state index in [2.05, 4.69) is 42.7 Å². The van der Waals surface area contributed by atoms with E-state index in [4.69, 9.17) is 19.6 Å². The fourth-order valence-electron chi connectivity index (χ4n) is 4.86. The molecule has 3 N–H and O–H groups in total. The van der Waals surface area contributed by atoms with Gasteiger partial charge in [0, 0.05) is 46.1 Å². The maximum atomic E-state index is 14.3. The molecule has 0 unspecified atom stereocenters. The number of hydrogen-bond donors (Lipinski definition) is 3. The Morgan fingerprint density at radius 3 is 2.44 bits per heavy atom.